The van der Waals surface area contributed by atoms with E-state index in [0.29, 0.717) is 5.41 Å². The van der Waals surface area contributed by atoms with Gasteiger partial charge in [0.25, 0.3) is 0 Å². The van der Waals surface area contributed by atoms with E-state index in [4.69, 9.17) is 0 Å². The van der Waals surface area contributed by atoms with Gasteiger partial charge in [-0.25, -0.2) is 0 Å². The molecule has 13 heavy (non-hydrogen) atoms. The van der Waals surface area contributed by atoms with Gasteiger partial charge in [-0.15, -0.1) is 0 Å². The van der Waals surface area contributed by atoms with E-state index in [-0.39, 0.29) is 5.91 Å². The van der Waals surface area contributed by atoms with Crippen molar-refractivity contribution in [2.24, 2.45) is 5.41 Å². The molecule has 1 rings (SSSR count). The van der Waals surface area contributed by atoms with Crippen molar-refractivity contribution in [3.8, 4) is 0 Å². The van der Waals surface area contributed by atoms with Crippen molar-refractivity contribution in [2.75, 3.05) is 13.1 Å². The standard InChI is InChI=1S/C9H17NO.C2H6/c1-4-9(5-2)6-10(7-9)8(3)11;1-2/h4-7H2,1-3H3;1-2H3. The maximum atomic E-state index is 10.9. The third-order valence-electron chi connectivity index (χ3n) is 3.00. The molecule has 1 aliphatic heterocycles. The van der Waals surface area contributed by atoms with Crippen LogP contribution >= 0.6 is 0 Å². The van der Waals surface area contributed by atoms with Gasteiger partial charge in [-0.3, -0.25) is 4.79 Å². The molecular formula is C11H23NO. The Balaban J connectivity index is 0.000000671. The summed E-state index contributed by atoms with van der Waals surface area (Å²) in [6.07, 6.45) is 2.40. The van der Waals surface area contributed by atoms with Crippen LogP contribution in [0, 0.1) is 5.41 Å². The summed E-state index contributed by atoms with van der Waals surface area (Å²) < 4.78 is 0. The van der Waals surface area contributed by atoms with E-state index in [0.717, 1.165) is 13.1 Å². The maximum absolute atomic E-state index is 10.9. The van der Waals surface area contributed by atoms with Gasteiger partial charge in [-0.1, -0.05) is 27.7 Å². The van der Waals surface area contributed by atoms with Crippen molar-refractivity contribution >= 4 is 5.91 Å². The fourth-order valence-corrected chi connectivity index (χ4v) is 1.68. The number of carbonyl (C=O) groups excluding carboxylic acids is 1. The van der Waals surface area contributed by atoms with Crippen LogP contribution in [0.2, 0.25) is 0 Å². The van der Waals surface area contributed by atoms with Gasteiger partial charge in [0, 0.05) is 25.4 Å². The monoisotopic (exact) mass is 185 g/mol. The highest BCUT2D eigenvalue weighted by Gasteiger charge is 2.40. The molecule has 0 aromatic rings. The number of rotatable bonds is 2. The average Bonchev–Trinajstić information content (AvgIpc) is 2.08. The van der Waals surface area contributed by atoms with Crippen molar-refractivity contribution in [3.05, 3.63) is 0 Å². The molecule has 0 saturated carbocycles. The first-order valence-electron chi connectivity index (χ1n) is 5.39. The molecule has 1 heterocycles. The van der Waals surface area contributed by atoms with Crippen LogP contribution in [0.5, 0.6) is 0 Å². The zero-order valence-corrected chi connectivity index (χ0v) is 9.68. The number of carbonyl (C=O) groups is 1. The highest BCUT2D eigenvalue weighted by Crippen LogP contribution is 2.36. The second-order valence-corrected chi connectivity index (χ2v) is 3.58. The van der Waals surface area contributed by atoms with Crippen LogP contribution in [0.4, 0.5) is 0 Å². The molecule has 0 aromatic heterocycles. The lowest BCUT2D eigenvalue weighted by atomic mass is 9.75. The van der Waals surface area contributed by atoms with Gasteiger partial charge in [0.05, 0.1) is 0 Å². The summed E-state index contributed by atoms with van der Waals surface area (Å²) in [7, 11) is 0. The van der Waals surface area contributed by atoms with Gasteiger partial charge in [-0.05, 0) is 12.8 Å². The quantitative estimate of drug-likeness (QED) is 0.647. The summed E-state index contributed by atoms with van der Waals surface area (Å²) in [4.78, 5) is 12.8. The smallest absolute Gasteiger partial charge is 0.219 e. The zero-order chi connectivity index (χ0) is 10.5. The molecule has 0 atom stereocenters. The van der Waals surface area contributed by atoms with E-state index < -0.39 is 0 Å². The Bertz CT molecular complexity index is 153. The Labute approximate surface area is 82.3 Å². The Morgan fingerprint density at radius 1 is 1.23 bits per heavy atom. The third-order valence-corrected chi connectivity index (χ3v) is 3.00. The Kier molecular flexibility index (Phi) is 5.04. The molecule has 0 N–H and O–H groups in total. The van der Waals surface area contributed by atoms with Gasteiger partial charge in [0.1, 0.15) is 0 Å². The second kappa shape index (κ2) is 5.25. The summed E-state index contributed by atoms with van der Waals surface area (Å²) in [6.45, 7) is 12.0. The fourth-order valence-electron chi connectivity index (χ4n) is 1.68. The minimum absolute atomic E-state index is 0.225. The molecule has 0 spiro atoms. The summed E-state index contributed by atoms with van der Waals surface area (Å²) >= 11 is 0. The van der Waals surface area contributed by atoms with Crippen LogP contribution in [0.1, 0.15) is 47.5 Å². The number of likely N-dealkylation sites (tertiary alicyclic amines) is 1. The van der Waals surface area contributed by atoms with Gasteiger partial charge in [0.2, 0.25) is 5.91 Å². The molecule has 0 radical (unpaired) electrons. The maximum Gasteiger partial charge on any atom is 0.219 e. The topological polar surface area (TPSA) is 20.3 Å². The first kappa shape index (κ1) is 12.5. The number of hydrogen-bond acceptors (Lipinski definition) is 1. The highest BCUT2D eigenvalue weighted by molar-refractivity contribution is 5.74. The van der Waals surface area contributed by atoms with E-state index in [2.05, 4.69) is 13.8 Å². The molecule has 0 unspecified atom stereocenters. The van der Waals surface area contributed by atoms with Crippen molar-refractivity contribution < 1.29 is 4.79 Å². The van der Waals surface area contributed by atoms with Crippen LogP contribution in [-0.4, -0.2) is 23.9 Å². The van der Waals surface area contributed by atoms with Crippen molar-refractivity contribution in [1.29, 1.82) is 0 Å². The van der Waals surface area contributed by atoms with Crippen LogP contribution in [-0.2, 0) is 4.79 Å². The predicted molar refractivity (Wildman–Crippen MR) is 56.6 cm³/mol. The number of nitrogens with zero attached hydrogens (tertiary/aromatic N) is 1. The SMILES string of the molecule is CC.CCC1(CC)CN(C(C)=O)C1. The lowest BCUT2D eigenvalue weighted by Gasteiger charge is -2.49. The molecule has 1 aliphatic rings. The Hall–Kier alpha value is -0.530. The molecule has 1 amide bonds. The van der Waals surface area contributed by atoms with Crippen molar-refractivity contribution in [1.82, 2.24) is 4.90 Å². The number of amides is 1. The van der Waals surface area contributed by atoms with E-state index in [1.807, 2.05) is 18.7 Å². The zero-order valence-electron chi connectivity index (χ0n) is 9.68. The Morgan fingerprint density at radius 3 is 1.85 bits per heavy atom. The van der Waals surface area contributed by atoms with Gasteiger partial charge in [-0.2, -0.15) is 0 Å². The second-order valence-electron chi connectivity index (χ2n) is 3.58. The molecule has 1 saturated heterocycles. The first-order chi connectivity index (χ1) is 6.13. The van der Waals surface area contributed by atoms with E-state index in [9.17, 15) is 4.79 Å². The largest absolute Gasteiger partial charge is 0.342 e. The molecular weight excluding hydrogens is 162 g/mol. The van der Waals surface area contributed by atoms with Crippen molar-refractivity contribution in [3.63, 3.8) is 0 Å². The normalized spacial score (nSPS) is 18.4. The van der Waals surface area contributed by atoms with Crippen LogP contribution in [0.3, 0.4) is 0 Å². The number of hydrogen-bond donors (Lipinski definition) is 0. The van der Waals surface area contributed by atoms with E-state index in [1.165, 1.54) is 12.8 Å². The van der Waals surface area contributed by atoms with Gasteiger partial charge in [0.15, 0.2) is 0 Å². The summed E-state index contributed by atoms with van der Waals surface area (Å²) in [5.74, 6) is 0.225. The van der Waals surface area contributed by atoms with Gasteiger partial charge >= 0.3 is 0 Å². The molecule has 0 aromatic carbocycles. The average molecular weight is 185 g/mol. The highest BCUT2D eigenvalue weighted by atomic mass is 16.2. The van der Waals surface area contributed by atoms with Gasteiger partial charge < -0.3 is 4.90 Å². The van der Waals surface area contributed by atoms with E-state index in [1.54, 1.807) is 6.92 Å². The van der Waals surface area contributed by atoms with E-state index >= 15 is 0 Å². The first-order valence-corrected chi connectivity index (χ1v) is 5.39. The summed E-state index contributed by atoms with van der Waals surface area (Å²) in [5.41, 5.74) is 0.464. The lowest BCUT2D eigenvalue weighted by Crippen LogP contribution is -2.57. The molecule has 0 aliphatic carbocycles. The molecule has 2 nitrogen and oxygen atoms in total. The molecule has 2 heteroatoms. The minimum atomic E-state index is 0.225. The Morgan fingerprint density at radius 2 is 1.62 bits per heavy atom. The molecule has 0 bridgehead atoms. The van der Waals surface area contributed by atoms with Crippen molar-refractivity contribution in [2.45, 2.75) is 47.5 Å². The summed E-state index contributed by atoms with van der Waals surface area (Å²) in [5, 5.41) is 0. The molecule has 78 valence electrons. The lowest BCUT2D eigenvalue weighted by molar-refractivity contribution is -0.141. The summed E-state index contributed by atoms with van der Waals surface area (Å²) in [6, 6.07) is 0. The predicted octanol–water partition coefficient (Wildman–Crippen LogP) is 2.68. The van der Waals surface area contributed by atoms with Crippen LogP contribution in [0.15, 0.2) is 0 Å². The fraction of sp³-hybridized carbons (Fsp3) is 0.909. The molecule has 1 fully saturated rings. The minimum Gasteiger partial charge on any atom is -0.342 e. The van der Waals surface area contributed by atoms with Crippen LogP contribution in [0.25, 0.3) is 0 Å². The van der Waals surface area contributed by atoms with Crippen LogP contribution < -0.4 is 0 Å². The third kappa shape index (κ3) is 2.71.